The predicted octanol–water partition coefficient (Wildman–Crippen LogP) is 6.63. The number of hydrogen-bond donors (Lipinski definition) is 1. The third kappa shape index (κ3) is 4.68. The van der Waals surface area contributed by atoms with Crippen LogP contribution in [0.3, 0.4) is 0 Å². The summed E-state index contributed by atoms with van der Waals surface area (Å²) in [6.07, 6.45) is -7.33. The number of hydrogen-bond acceptors (Lipinski definition) is 2. The number of phenols is 1. The molecule has 134 valence electrons. The van der Waals surface area contributed by atoms with Crippen molar-refractivity contribution in [1.82, 2.24) is 0 Å². The minimum atomic E-state index is -4.36. The molecule has 3 rings (SSSR count). The lowest BCUT2D eigenvalue weighted by Gasteiger charge is -2.08. The Labute approximate surface area is 145 Å². The van der Waals surface area contributed by atoms with Crippen molar-refractivity contribution >= 4 is 26.9 Å². The summed E-state index contributed by atoms with van der Waals surface area (Å²) >= 11 is 2.88. The Bertz CT molecular complexity index is 850. The second-order valence-corrected chi connectivity index (χ2v) is 5.60. The quantitative estimate of drug-likeness (QED) is 0.409. The number of rotatable bonds is 0. The molecule has 0 radical (unpaired) electrons. The number of benzene rings is 2. The molecule has 0 aliphatic rings. The van der Waals surface area contributed by atoms with Gasteiger partial charge >= 0.3 is 12.4 Å². The molecule has 0 spiro atoms. The van der Waals surface area contributed by atoms with Crippen LogP contribution in [-0.4, -0.2) is 5.11 Å². The number of aromatic hydroxyl groups is 1. The molecular weight excluding hydrogens is 418 g/mol. The maximum atomic E-state index is 12.4. The van der Waals surface area contributed by atoms with Crippen molar-refractivity contribution < 1.29 is 35.9 Å². The number of phenolic OH excluding ortho intramolecular Hbond substituents is 1. The highest BCUT2D eigenvalue weighted by Gasteiger charge is 2.34. The van der Waals surface area contributed by atoms with Gasteiger partial charge in [0.2, 0.25) is 0 Å². The van der Waals surface area contributed by atoms with Crippen molar-refractivity contribution in [3.63, 3.8) is 0 Å². The highest BCUT2D eigenvalue weighted by atomic mass is 79.9. The van der Waals surface area contributed by atoms with Gasteiger partial charge in [-0.2, -0.15) is 26.3 Å². The molecule has 1 heterocycles. The average Bonchev–Trinajstić information content (AvgIpc) is 2.96. The highest BCUT2D eigenvalue weighted by molar-refractivity contribution is 9.10. The fourth-order valence-electron chi connectivity index (χ4n) is 1.87. The van der Waals surface area contributed by atoms with Gasteiger partial charge in [0.05, 0.1) is 21.9 Å². The fraction of sp³-hybridized carbons (Fsp3) is 0.125. The Hall–Kier alpha value is -2.16. The van der Waals surface area contributed by atoms with Gasteiger partial charge in [-0.15, -0.1) is 0 Å². The van der Waals surface area contributed by atoms with E-state index in [1.54, 1.807) is 6.07 Å². The number of alkyl halides is 6. The summed E-state index contributed by atoms with van der Waals surface area (Å²) < 4.78 is 77.6. The lowest BCUT2D eigenvalue weighted by atomic mass is 10.1. The Morgan fingerprint density at radius 2 is 1.40 bits per heavy atom. The van der Waals surface area contributed by atoms with Crippen molar-refractivity contribution in [2.45, 2.75) is 12.4 Å². The van der Waals surface area contributed by atoms with E-state index in [0.717, 1.165) is 30.3 Å². The average molecular weight is 427 g/mol. The summed E-state index contributed by atoms with van der Waals surface area (Å²) in [5, 5.41) is 9.30. The molecule has 1 aromatic heterocycles. The van der Waals surface area contributed by atoms with Crippen molar-refractivity contribution in [3.8, 4) is 5.75 Å². The molecule has 0 aliphatic carbocycles. The first-order valence-corrected chi connectivity index (χ1v) is 7.38. The molecule has 2 nitrogen and oxygen atoms in total. The third-order valence-corrected chi connectivity index (χ3v) is 3.85. The zero-order valence-corrected chi connectivity index (χ0v) is 13.7. The Balaban J connectivity index is 0.000000186. The molecule has 0 atom stereocenters. The predicted molar refractivity (Wildman–Crippen MR) is 82.0 cm³/mol. The number of fused-ring (bicyclic) bond motifs is 1. The van der Waals surface area contributed by atoms with Crippen molar-refractivity contribution in [2.24, 2.45) is 0 Å². The summed E-state index contributed by atoms with van der Waals surface area (Å²) in [4.78, 5) is 0. The first kappa shape index (κ1) is 19.2. The molecule has 9 heteroatoms. The van der Waals surface area contributed by atoms with E-state index in [-0.39, 0.29) is 15.8 Å². The van der Waals surface area contributed by atoms with Gasteiger partial charge in [0, 0.05) is 5.39 Å². The van der Waals surface area contributed by atoms with Gasteiger partial charge in [-0.05, 0) is 52.3 Å². The van der Waals surface area contributed by atoms with E-state index in [1.807, 2.05) is 0 Å². The van der Waals surface area contributed by atoms with Crippen LogP contribution in [0, 0.1) is 0 Å². The molecule has 0 aliphatic heterocycles. The molecule has 0 amide bonds. The molecule has 0 bridgehead atoms. The zero-order valence-electron chi connectivity index (χ0n) is 12.1. The van der Waals surface area contributed by atoms with Gasteiger partial charge in [-0.1, -0.05) is 6.07 Å². The van der Waals surface area contributed by atoms with Crippen LogP contribution in [0.2, 0.25) is 0 Å². The van der Waals surface area contributed by atoms with Gasteiger partial charge < -0.3 is 9.52 Å². The van der Waals surface area contributed by atoms with Gasteiger partial charge in [-0.3, -0.25) is 0 Å². The van der Waals surface area contributed by atoms with Crippen LogP contribution < -0.4 is 0 Å². The fourth-order valence-corrected chi connectivity index (χ4v) is 2.55. The molecular formula is C16H9BrF6O2. The van der Waals surface area contributed by atoms with E-state index in [0.29, 0.717) is 5.39 Å². The molecule has 0 saturated heterocycles. The lowest BCUT2D eigenvalue weighted by molar-refractivity contribution is -0.138. The Morgan fingerprint density at radius 1 is 0.800 bits per heavy atom. The molecule has 3 aromatic rings. The molecule has 0 saturated carbocycles. The second-order valence-electron chi connectivity index (χ2n) is 4.81. The van der Waals surface area contributed by atoms with Crippen LogP contribution in [0.25, 0.3) is 11.0 Å². The van der Waals surface area contributed by atoms with Crippen molar-refractivity contribution in [2.75, 3.05) is 0 Å². The van der Waals surface area contributed by atoms with E-state index in [2.05, 4.69) is 15.9 Å². The minimum Gasteiger partial charge on any atom is -0.508 e. The molecule has 1 N–H and O–H groups in total. The molecule has 0 unspecified atom stereocenters. The largest absolute Gasteiger partial charge is 0.508 e. The monoisotopic (exact) mass is 426 g/mol. The maximum Gasteiger partial charge on any atom is 0.417 e. The Kier molecular flexibility index (Phi) is 5.36. The minimum absolute atomic E-state index is 0.0486. The topological polar surface area (TPSA) is 33.4 Å². The summed E-state index contributed by atoms with van der Waals surface area (Å²) in [7, 11) is 0. The van der Waals surface area contributed by atoms with Crippen LogP contribution >= 0.6 is 15.9 Å². The number of furan rings is 1. The first-order valence-electron chi connectivity index (χ1n) is 6.59. The van der Waals surface area contributed by atoms with E-state index >= 15 is 0 Å². The Morgan fingerprint density at radius 3 is 1.92 bits per heavy atom. The summed E-state index contributed by atoms with van der Waals surface area (Å²) in [6, 6.07) is 7.69. The first-order chi connectivity index (χ1) is 11.5. The second kappa shape index (κ2) is 6.99. The van der Waals surface area contributed by atoms with Gasteiger partial charge in [0.1, 0.15) is 11.3 Å². The highest BCUT2D eigenvalue weighted by Crippen LogP contribution is 2.38. The standard InChI is InChI=1S/C9H4BrF3O.C7H5F3O/c10-7-6(9(11,12)13)2-1-5-3-4-14-8(5)7;8-7(9,10)5-1-3-6(11)4-2-5/h1-4H;1-4,11H. The van der Waals surface area contributed by atoms with Gasteiger partial charge in [0.25, 0.3) is 0 Å². The van der Waals surface area contributed by atoms with Crippen molar-refractivity contribution in [3.05, 3.63) is 64.3 Å². The summed E-state index contributed by atoms with van der Waals surface area (Å²) in [5.74, 6) is -0.169. The number of halogens is 7. The smallest absolute Gasteiger partial charge is 0.417 e. The molecule has 25 heavy (non-hydrogen) atoms. The van der Waals surface area contributed by atoms with E-state index in [1.165, 1.54) is 12.3 Å². The lowest BCUT2D eigenvalue weighted by Crippen LogP contribution is -2.05. The van der Waals surface area contributed by atoms with Crippen LogP contribution in [0.5, 0.6) is 5.75 Å². The van der Waals surface area contributed by atoms with E-state index in [9.17, 15) is 26.3 Å². The third-order valence-electron chi connectivity index (χ3n) is 3.06. The van der Waals surface area contributed by atoms with Crippen molar-refractivity contribution in [1.29, 1.82) is 0 Å². The SMILES string of the molecule is FC(F)(F)c1ccc2ccoc2c1Br.Oc1ccc(C(F)(F)F)cc1. The molecule has 2 aromatic carbocycles. The van der Waals surface area contributed by atoms with Crippen LogP contribution in [0.1, 0.15) is 11.1 Å². The van der Waals surface area contributed by atoms with Gasteiger partial charge in [0.15, 0.2) is 0 Å². The maximum absolute atomic E-state index is 12.4. The van der Waals surface area contributed by atoms with E-state index < -0.39 is 23.5 Å². The van der Waals surface area contributed by atoms with Crippen LogP contribution in [-0.2, 0) is 12.4 Å². The molecule has 0 fully saturated rings. The van der Waals surface area contributed by atoms with E-state index in [4.69, 9.17) is 9.52 Å². The van der Waals surface area contributed by atoms with Crippen LogP contribution in [0.4, 0.5) is 26.3 Å². The summed E-state index contributed by atoms with van der Waals surface area (Å²) in [5.41, 5.74) is -1.25. The van der Waals surface area contributed by atoms with Gasteiger partial charge in [-0.25, -0.2) is 0 Å². The normalized spacial score (nSPS) is 12.0. The zero-order chi connectivity index (χ0) is 18.8. The van der Waals surface area contributed by atoms with Crippen LogP contribution in [0.15, 0.2) is 57.6 Å². The summed E-state index contributed by atoms with van der Waals surface area (Å²) in [6.45, 7) is 0.